The van der Waals surface area contributed by atoms with Crippen LogP contribution in [0.4, 0.5) is 5.69 Å². The van der Waals surface area contributed by atoms with Crippen LogP contribution in [0.5, 0.6) is 0 Å². The predicted octanol–water partition coefficient (Wildman–Crippen LogP) is 3.80. The number of carbonyl (C=O) groups is 2. The van der Waals surface area contributed by atoms with E-state index in [0.29, 0.717) is 17.8 Å². The third-order valence-electron chi connectivity index (χ3n) is 4.90. The van der Waals surface area contributed by atoms with E-state index in [0.717, 1.165) is 16.8 Å². The number of para-hydroxylation sites is 1. The minimum absolute atomic E-state index is 0.112. The molecule has 2 amide bonds. The quantitative estimate of drug-likeness (QED) is 0.742. The molecule has 0 radical (unpaired) electrons. The van der Waals surface area contributed by atoms with E-state index in [1.165, 1.54) is 0 Å². The van der Waals surface area contributed by atoms with Gasteiger partial charge in [0.15, 0.2) is 0 Å². The van der Waals surface area contributed by atoms with E-state index in [4.69, 9.17) is 0 Å². The lowest BCUT2D eigenvalue weighted by molar-refractivity contribution is -0.121. The zero-order chi connectivity index (χ0) is 19.5. The molecule has 2 heterocycles. The second kappa shape index (κ2) is 7.64. The zero-order valence-corrected chi connectivity index (χ0v) is 15.6. The maximum atomic E-state index is 13.0. The normalized spacial score (nSPS) is 15.4. The molecular weight excluding hydrogens is 350 g/mol. The highest BCUT2D eigenvalue weighted by Crippen LogP contribution is 2.38. The molecule has 0 spiro atoms. The number of benzene rings is 2. The topological polar surface area (TPSA) is 62.3 Å². The number of hydrogen-bond donors (Lipinski definition) is 1. The second-order valence-corrected chi connectivity index (χ2v) is 6.93. The van der Waals surface area contributed by atoms with E-state index in [1.807, 2.05) is 61.5 Å². The summed E-state index contributed by atoms with van der Waals surface area (Å²) < 4.78 is 0. The molecule has 5 nitrogen and oxygen atoms in total. The summed E-state index contributed by atoms with van der Waals surface area (Å²) in [4.78, 5) is 31.7. The number of aromatic nitrogens is 1. The lowest BCUT2D eigenvalue weighted by atomic mass is 10.1. The van der Waals surface area contributed by atoms with Gasteiger partial charge in [-0.15, -0.1) is 0 Å². The molecule has 0 bridgehead atoms. The Kier molecular flexibility index (Phi) is 4.89. The molecular formula is C23H21N3O2. The Labute approximate surface area is 164 Å². The fourth-order valence-electron chi connectivity index (χ4n) is 3.60. The van der Waals surface area contributed by atoms with Crippen molar-refractivity contribution in [2.75, 3.05) is 4.90 Å². The molecule has 0 fully saturated rings. The first-order chi connectivity index (χ1) is 13.6. The van der Waals surface area contributed by atoms with Gasteiger partial charge in [0.05, 0.1) is 23.7 Å². The van der Waals surface area contributed by atoms with Gasteiger partial charge in [-0.25, -0.2) is 0 Å². The van der Waals surface area contributed by atoms with Crippen molar-refractivity contribution in [1.29, 1.82) is 0 Å². The average molecular weight is 371 g/mol. The summed E-state index contributed by atoms with van der Waals surface area (Å²) in [5.41, 5.74) is 4.18. The van der Waals surface area contributed by atoms with Crippen LogP contribution in [-0.4, -0.2) is 16.8 Å². The Morgan fingerprint density at radius 1 is 1.07 bits per heavy atom. The molecule has 2 aromatic carbocycles. The van der Waals surface area contributed by atoms with Crippen LogP contribution in [-0.2, 0) is 11.3 Å². The Hall–Kier alpha value is -3.47. The Balaban J connectivity index is 1.55. The van der Waals surface area contributed by atoms with Gasteiger partial charge in [-0.1, -0.05) is 48.0 Å². The first-order valence-corrected chi connectivity index (χ1v) is 9.29. The van der Waals surface area contributed by atoms with Crippen molar-refractivity contribution in [2.45, 2.75) is 25.9 Å². The van der Waals surface area contributed by atoms with Gasteiger partial charge < -0.3 is 5.32 Å². The highest BCUT2D eigenvalue weighted by Gasteiger charge is 2.39. The highest BCUT2D eigenvalue weighted by atomic mass is 16.2. The van der Waals surface area contributed by atoms with E-state index in [2.05, 4.69) is 10.3 Å². The first-order valence-electron chi connectivity index (χ1n) is 9.29. The van der Waals surface area contributed by atoms with Gasteiger partial charge in [-0.2, -0.15) is 0 Å². The molecule has 28 heavy (non-hydrogen) atoms. The van der Waals surface area contributed by atoms with E-state index in [-0.39, 0.29) is 18.2 Å². The number of carbonyl (C=O) groups excluding carboxylic acids is 2. The lowest BCUT2D eigenvalue weighted by Crippen LogP contribution is -2.32. The molecule has 5 heteroatoms. The van der Waals surface area contributed by atoms with Crippen LogP contribution < -0.4 is 10.2 Å². The average Bonchev–Trinajstić information content (AvgIpc) is 2.99. The zero-order valence-electron chi connectivity index (χ0n) is 15.6. The fourth-order valence-corrected chi connectivity index (χ4v) is 3.60. The van der Waals surface area contributed by atoms with Crippen LogP contribution in [0.1, 0.15) is 39.6 Å². The number of amides is 2. The minimum Gasteiger partial charge on any atom is -0.352 e. The van der Waals surface area contributed by atoms with Crippen molar-refractivity contribution in [3.8, 4) is 0 Å². The molecule has 0 aliphatic carbocycles. The van der Waals surface area contributed by atoms with E-state index < -0.39 is 6.04 Å². The highest BCUT2D eigenvalue weighted by molar-refractivity contribution is 6.11. The van der Waals surface area contributed by atoms with Gasteiger partial charge in [0, 0.05) is 18.4 Å². The fraction of sp³-hybridized carbons (Fsp3) is 0.174. The maximum absolute atomic E-state index is 13.0. The number of hydrogen-bond acceptors (Lipinski definition) is 3. The number of nitrogens with one attached hydrogen (secondary N) is 1. The minimum atomic E-state index is -0.413. The number of fused-ring (bicyclic) bond motifs is 1. The summed E-state index contributed by atoms with van der Waals surface area (Å²) >= 11 is 0. The third kappa shape index (κ3) is 3.51. The monoisotopic (exact) mass is 371 g/mol. The molecule has 4 rings (SSSR count). The summed E-state index contributed by atoms with van der Waals surface area (Å²) in [6.45, 7) is 2.48. The van der Waals surface area contributed by atoms with E-state index in [9.17, 15) is 9.59 Å². The van der Waals surface area contributed by atoms with Gasteiger partial charge in [0.1, 0.15) is 0 Å². The lowest BCUT2D eigenvalue weighted by Gasteiger charge is -2.24. The van der Waals surface area contributed by atoms with Crippen LogP contribution in [0.3, 0.4) is 0 Å². The van der Waals surface area contributed by atoms with Crippen molar-refractivity contribution < 1.29 is 9.59 Å². The van der Waals surface area contributed by atoms with Crippen molar-refractivity contribution in [3.05, 3.63) is 95.3 Å². The Morgan fingerprint density at radius 2 is 1.89 bits per heavy atom. The molecule has 1 atom stereocenters. The first kappa shape index (κ1) is 17.9. The van der Waals surface area contributed by atoms with E-state index >= 15 is 0 Å². The smallest absolute Gasteiger partial charge is 0.260 e. The standard InChI is InChI=1S/C23H21N3O2/c1-16-7-5-8-17(13-16)15-25-21(27)14-20-22-19(11-6-12-24-22)23(28)26(20)18-9-3-2-4-10-18/h2-13,20H,14-15H2,1H3,(H,25,27). The predicted molar refractivity (Wildman–Crippen MR) is 108 cm³/mol. The number of aryl methyl sites for hydroxylation is 1. The SMILES string of the molecule is Cc1cccc(CNC(=O)CC2c3ncccc3C(=O)N2c2ccccc2)c1. The summed E-state index contributed by atoms with van der Waals surface area (Å²) in [6.07, 6.45) is 1.83. The molecule has 1 aromatic heterocycles. The third-order valence-corrected chi connectivity index (χ3v) is 4.90. The number of anilines is 1. The molecule has 0 saturated carbocycles. The summed E-state index contributed by atoms with van der Waals surface area (Å²) in [5.74, 6) is -0.232. The van der Waals surface area contributed by atoms with E-state index in [1.54, 1.807) is 23.2 Å². The second-order valence-electron chi connectivity index (χ2n) is 6.93. The van der Waals surface area contributed by atoms with Crippen LogP contribution >= 0.6 is 0 Å². The van der Waals surface area contributed by atoms with Gasteiger partial charge in [0.25, 0.3) is 5.91 Å². The molecule has 1 unspecified atom stereocenters. The molecule has 3 aromatic rings. The molecule has 1 aliphatic heterocycles. The van der Waals surface area contributed by atoms with Crippen molar-refractivity contribution >= 4 is 17.5 Å². The van der Waals surface area contributed by atoms with Gasteiger partial charge >= 0.3 is 0 Å². The van der Waals surface area contributed by atoms with Gasteiger partial charge in [0.2, 0.25) is 5.91 Å². The van der Waals surface area contributed by atoms with Crippen LogP contribution in [0.25, 0.3) is 0 Å². The molecule has 1 aliphatic rings. The van der Waals surface area contributed by atoms with Crippen LogP contribution in [0, 0.1) is 6.92 Å². The largest absolute Gasteiger partial charge is 0.352 e. The summed E-state index contributed by atoms with van der Waals surface area (Å²) in [7, 11) is 0. The van der Waals surface area contributed by atoms with Gasteiger partial charge in [-0.3, -0.25) is 19.5 Å². The number of pyridine rings is 1. The van der Waals surface area contributed by atoms with Gasteiger partial charge in [-0.05, 0) is 36.8 Å². The number of nitrogens with zero attached hydrogens (tertiary/aromatic N) is 2. The van der Waals surface area contributed by atoms with Crippen LogP contribution in [0.2, 0.25) is 0 Å². The maximum Gasteiger partial charge on any atom is 0.260 e. The summed E-state index contributed by atoms with van der Waals surface area (Å²) in [5, 5.41) is 2.97. The van der Waals surface area contributed by atoms with Crippen molar-refractivity contribution in [3.63, 3.8) is 0 Å². The Bertz CT molecular complexity index is 1020. The van der Waals surface area contributed by atoms with Crippen LogP contribution in [0.15, 0.2) is 72.9 Å². The van der Waals surface area contributed by atoms with Crippen molar-refractivity contribution in [1.82, 2.24) is 10.3 Å². The molecule has 0 saturated heterocycles. The molecule has 1 N–H and O–H groups in total. The van der Waals surface area contributed by atoms with Crippen molar-refractivity contribution in [2.24, 2.45) is 0 Å². The summed E-state index contributed by atoms with van der Waals surface area (Å²) in [6, 6.07) is 20.6. The Morgan fingerprint density at radius 3 is 2.68 bits per heavy atom. The number of rotatable bonds is 5. The molecule has 140 valence electrons.